The maximum Gasteiger partial charge on any atom is 0.490 e. The number of esters is 1. The van der Waals surface area contributed by atoms with Gasteiger partial charge in [-0.15, -0.1) is 12.6 Å². The van der Waals surface area contributed by atoms with E-state index < -0.39 is 17.6 Å². The second-order valence-electron chi connectivity index (χ2n) is 3.30. The number of rotatable bonds is 5. The van der Waals surface area contributed by atoms with Crippen molar-refractivity contribution in [3.8, 4) is 0 Å². The summed E-state index contributed by atoms with van der Waals surface area (Å²) in [6, 6.07) is 0. The first kappa shape index (κ1) is 14.6. The van der Waals surface area contributed by atoms with E-state index in [0.29, 0.717) is 19.4 Å². The number of ether oxygens (including phenoxy) is 1. The zero-order valence-corrected chi connectivity index (χ0v) is 9.44. The molecule has 1 atom stereocenters. The Kier molecular flexibility index (Phi) is 6.04. The van der Waals surface area contributed by atoms with Crippen LogP contribution in [0.15, 0.2) is 0 Å². The lowest BCUT2D eigenvalue weighted by molar-refractivity contribution is -0.201. The van der Waals surface area contributed by atoms with Gasteiger partial charge in [0.05, 0.1) is 0 Å². The Morgan fingerprint density at radius 1 is 1.47 bits per heavy atom. The van der Waals surface area contributed by atoms with Crippen molar-refractivity contribution in [2.45, 2.75) is 24.5 Å². The predicted molar refractivity (Wildman–Crippen MR) is 52.7 cm³/mol. The molecule has 15 heavy (non-hydrogen) atoms. The molecule has 0 fully saturated rings. The Morgan fingerprint density at radius 2 is 2.00 bits per heavy atom. The molecule has 0 saturated carbocycles. The zero-order valence-electron chi connectivity index (χ0n) is 8.54. The quantitative estimate of drug-likeness (QED) is 0.454. The Hall–Kier alpha value is -0.430. The standard InChI is InChI=1S/C8H14F3NO2S/c1-12(2)5-3-4-6(15)14-7(13)8(9,10)11/h6,15H,3-5H2,1-2H3. The largest absolute Gasteiger partial charge is 0.490 e. The lowest BCUT2D eigenvalue weighted by Crippen LogP contribution is -2.28. The van der Waals surface area contributed by atoms with Gasteiger partial charge in [0, 0.05) is 0 Å². The maximum absolute atomic E-state index is 11.7. The summed E-state index contributed by atoms with van der Waals surface area (Å²) in [4.78, 5) is 12.2. The molecule has 0 aromatic rings. The average molecular weight is 245 g/mol. The highest BCUT2D eigenvalue weighted by molar-refractivity contribution is 7.80. The van der Waals surface area contributed by atoms with E-state index in [0.717, 1.165) is 0 Å². The van der Waals surface area contributed by atoms with E-state index in [2.05, 4.69) is 17.4 Å². The van der Waals surface area contributed by atoms with Crippen LogP contribution < -0.4 is 0 Å². The van der Waals surface area contributed by atoms with Crippen molar-refractivity contribution >= 4 is 18.6 Å². The van der Waals surface area contributed by atoms with Gasteiger partial charge in [-0.05, 0) is 33.5 Å². The van der Waals surface area contributed by atoms with Gasteiger partial charge in [-0.3, -0.25) is 0 Å². The van der Waals surface area contributed by atoms with Crippen LogP contribution >= 0.6 is 12.6 Å². The van der Waals surface area contributed by atoms with Crippen molar-refractivity contribution in [3.05, 3.63) is 0 Å². The van der Waals surface area contributed by atoms with Crippen LogP contribution in [0.1, 0.15) is 12.8 Å². The van der Waals surface area contributed by atoms with Crippen molar-refractivity contribution in [1.29, 1.82) is 0 Å². The fourth-order valence-electron chi connectivity index (χ4n) is 0.831. The van der Waals surface area contributed by atoms with Crippen LogP contribution in [0.5, 0.6) is 0 Å². The lowest BCUT2D eigenvalue weighted by atomic mass is 10.3. The van der Waals surface area contributed by atoms with Crippen LogP contribution in [0.4, 0.5) is 13.2 Å². The molecule has 0 aliphatic rings. The van der Waals surface area contributed by atoms with E-state index in [-0.39, 0.29) is 0 Å². The molecule has 1 unspecified atom stereocenters. The van der Waals surface area contributed by atoms with Gasteiger partial charge in [-0.2, -0.15) is 13.2 Å². The Morgan fingerprint density at radius 3 is 2.40 bits per heavy atom. The molecule has 0 amide bonds. The SMILES string of the molecule is CN(C)CCCC(S)OC(=O)C(F)(F)F. The normalized spacial score (nSPS) is 14.1. The molecule has 0 rings (SSSR count). The van der Waals surface area contributed by atoms with Gasteiger partial charge in [0.15, 0.2) is 0 Å². The molecular formula is C8H14F3NO2S. The summed E-state index contributed by atoms with van der Waals surface area (Å²) < 4.78 is 39.3. The summed E-state index contributed by atoms with van der Waals surface area (Å²) in [6.07, 6.45) is -4.03. The van der Waals surface area contributed by atoms with Gasteiger partial charge in [-0.25, -0.2) is 4.79 Å². The fraction of sp³-hybridized carbons (Fsp3) is 0.875. The highest BCUT2D eigenvalue weighted by Crippen LogP contribution is 2.19. The maximum atomic E-state index is 11.7. The van der Waals surface area contributed by atoms with Crippen molar-refractivity contribution in [2.75, 3.05) is 20.6 Å². The first-order chi connectivity index (χ1) is 6.73. The third kappa shape index (κ3) is 7.49. The molecule has 7 heteroatoms. The fourth-order valence-corrected chi connectivity index (χ4v) is 1.11. The van der Waals surface area contributed by atoms with E-state index in [4.69, 9.17) is 0 Å². The average Bonchev–Trinajstić information content (AvgIpc) is 2.01. The molecule has 0 radical (unpaired) electrons. The van der Waals surface area contributed by atoms with Crippen LogP contribution in [-0.4, -0.2) is 43.1 Å². The number of thiol groups is 1. The van der Waals surface area contributed by atoms with Crippen LogP contribution in [0.2, 0.25) is 0 Å². The molecule has 0 saturated heterocycles. The molecule has 0 spiro atoms. The van der Waals surface area contributed by atoms with Crippen molar-refractivity contribution in [3.63, 3.8) is 0 Å². The molecule has 0 aliphatic heterocycles. The molecule has 3 nitrogen and oxygen atoms in total. The minimum Gasteiger partial charge on any atom is -0.445 e. The minimum absolute atomic E-state index is 0.295. The van der Waals surface area contributed by atoms with E-state index in [9.17, 15) is 18.0 Å². The Labute approximate surface area is 92.0 Å². The molecule has 0 aliphatic carbocycles. The number of carbonyl (C=O) groups excluding carboxylic acids is 1. The number of halogens is 3. The molecule has 0 aromatic heterocycles. The summed E-state index contributed by atoms with van der Waals surface area (Å²) in [5, 5.41) is 0. The molecule has 0 aromatic carbocycles. The number of hydrogen-bond donors (Lipinski definition) is 1. The predicted octanol–water partition coefficient (Wildman–Crippen LogP) is 1.69. The van der Waals surface area contributed by atoms with Crippen LogP contribution in [-0.2, 0) is 9.53 Å². The highest BCUT2D eigenvalue weighted by atomic mass is 32.1. The van der Waals surface area contributed by atoms with E-state index in [1.807, 2.05) is 19.0 Å². The molecule has 90 valence electrons. The summed E-state index contributed by atoms with van der Waals surface area (Å²) in [6.45, 7) is 0.709. The third-order valence-corrected chi connectivity index (χ3v) is 1.89. The van der Waals surface area contributed by atoms with Gasteiger partial charge in [0.1, 0.15) is 5.44 Å². The first-order valence-electron chi connectivity index (χ1n) is 4.34. The summed E-state index contributed by atoms with van der Waals surface area (Å²) in [7, 11) is 3.69. The van der Waals surface area contributed by atoms with Gasteiger partial charge >= 0.3 is 12.1 Å². The third-order valence-electron chi connectivity index (χ3n) is 1.53. The van der Waals surface area contributed by atoms with Crippen molar-refractivity contribution < 1.29 is 22.7 Å². The van der Waals surface area contributed by atoms with Gasteiger partial charge in [0.25, 0.3) is 0 Å². The van der Waals surface area contributed by atoms with Crippen LogP contribution in [0.25, 0.3) is 0 Å². The number of alkyl halides is 3. The Bertz CT molecular complexity index is 209. The van der Waals surface area contributed by atoms with Crippen LogP contribution in [0.3, 0.4) is 0 Å². The van der Waals surface area contributed by atoms with E-state index >= 15 is 0 Å². The van der Waals surface area contributed by atoms with Crippen molar-refractivity contribution in [1.82, 2.24) is 4.90 Å². The summed E-state index contributed by atoms with van der Waals surface area (Å²) in [5.74, 6) is -2.19. The molecule has 0 N–H and O–H groups in total. The molecule has 0 heterocycles. The smallest absolute Gasteiger partial charge is 0.445 e. The highest BCUT2D eigenvalue weighted by Gasteiger charge is 2.41. The number of hydrogen-bond acceptors (Lipinski definition) is 4. The topological polar surface area (TPSA) is 29.5 Å². The van der Waals surface area contributed by atoms with Gasteiger partial charge in [-0.1, -0.05) is 0 Å². The van der Waals surface area contributed by atoms with E-state index in [1.165, 1.54) is 0 Å². The number of carbonyl (C=O) groups is 1. The first-order valence-corrected chi connectivity index (χ1v) is 4.85. The second-order valence-corrected chi connectivity index (χ2v) is 3.88. The van der Waals surface area contributed by atoms with E-state index in [1.54, 1.807) is 0 Å². The van der Waals surface area contributed by atoms with Crippen molar-refractivity contribution in [2.24, 2.45) is 0 Å². The minimum atomic E-state index is -4.94. The molecular weight excluding hydrogens is 231 g/mol. The summed E-state index contributed by atoms with van der Waals surface area (Å²) in [5.41, 5.74) is -1.00. The monoisotopic (exact) mass is 245 g/mol. The van der Waals surface area contributed by atoms with Crippen LogP contribution in [0, 0.1) is 0 Å². The molecule has 0 bridgehead atoms. The Balaban J connectivity index is 3.75. The lowest BCUT2D eigenvalue weighted by Gasteiger charge is -2.15. The second kappa shape index (κ2) is 6.22. The number of nitrogens with zero attached hydrogens (tertiary/aromatic N) is 1. The zero-order chi connectivity index (χ0) is 12.1. The van der Waals surface area contributed by atoms with Gasteiger partial charge in [0.2, 0.25) is 0 Å². The van der Waals surface area contributed by atoms with Gasteiger partial charge < -0.3 is 9.64 Å². The summed E-state index contributed by atoms with van der Waals surface area (Å²) >= 11 is 3.74.